The van der Waals surface area contributed by atoms with Gasteiger partial charge >= 0.3 is 0 Å². The highest BCUT2D eigenvalue weighted by Gasteiger charge is 2.18. The fourth-order valence-corrected chi connectivity index (χ4v) is 3.34. The molecule has 1 heterocycles. The Labute approximate surface area is 123 Å². The molecule has 1 aromatic carbocycles. The van der Waals surface area contributed by atoms with Gasteiger partial charge in [-0.15, -0.1) is 11.3 Å². The van der Waals surface area contributed by atoms with E-state index in [1.54, 1.807) is 24.3 Å². The van der Waals surface area contributed by atoms with Crippen molar-refractivity contribution in [3.63, 3.8) is 0 Å². The maximum Gasteiger partial charge on any atom is 0.127 e. The average Bonchev–Trinajstić information content (AvgIpc) is 2.73. The van der Waals surface area contributed by atoms with Crippen molar-refractivity contribution in [1.82, 2.24) is 5.32 Å². The van der Waals surface area contributed by atoms with Crippen molar-refractivity contribution in [1.29, 1.82) is 0 Å². The second-order valence-corrected chi connectivity index (χ2v) is 6.73. The lowest BCUT2D eigenvalue weighted by Gasteiger charge is -2.18. The molecule has 0 aliphatic rings. The Morgan fingerprint density at radius 2 is 2.11 bits per heavy atom. The van der Waals surface area contributed by atoms with Crippen molar-refractivity contribution >= 4 is 38.9 Å². The van der Waals surface area contributed by atoms with Crippen LogP contribution in [0.15, 0.2) is 27.4 Å². The van der Waals surface area contributed by atoms with E-state index in [0.29, 0.717) is 10.6 Å². The van der Waals surface area contributed by atoms with E-state index in [0.717, 1.165) is 14.9 Å². The fourth-order valence-electron chi connectivity index (χ4n) is 1.88. The topological polar surface area (TPSA) is 12.0 Å². The van der Waals surface area contributed by atoms with Crippen LogP contribution < -0.4 is 5.32 Å². The number of hydrogen-bond acceptors (Lipinski definition) is 2. The van der Waals surface area contributed by atoms with Crippen LogP contribution >= 0.6 is 38.9 Å². The van der Waals surface area contributed by atoms with E-state index < -0.39 is 0 Å². The zero-order valence-corrected chi connectivity index (χ0v) is 13.1. The van der Waals surface area contributed by atoms with Crippen LogP contribution in [-0.4, -0.2) is 7.05 Å². The second kappa shape index (κ2) is 5.70. The molecule has 0 amide bonds. The summed E-state index contributed by atoms with van der Waals surface area (Å²) < 4.78 is 14.5. The van der Waals surface area contributed by atoms with Gasteiger partial charge in [-0.2, -0.15) is 0 Å². The molecular weight excluding hydrogens is 337 g/mol. The maximum absolute atomic E-state index is 13.4. The molecule has 0 spiro atoms. The Morgan fingerprint density at radius 3 is 2.67 bits per heavy atom. The summed E-state index contributed by atoms with van der Waals surface area (Å²) in [6.07, 6.45) is 0. The first-order valence-electron chi connectivity index (χ1n) is 5.39. The molecule has 1 N–H and O–H groups in total. The number of benzene rings is 1. The third-order valence-corrected chi connectivity index (χ3v) is 4.65. The quantitative estimate of drug-likeness (QED) is 0.830. The van der Waals surface area contributed by atoms with Crippen LogP contribution in [0.2, 0.25) is 5.02 Å². The number of hydrogen-bond donors (Lipinski definition) is 1. The summed E-state index contributed by atoms with van der Waals surface area (Å²) in [5, 5.41) is 5.71. The molecule has 96 valence electrons. The van der Waals surface area contributed by atoms with Gasteiger partial charge in [0.25, 0.3) is 0 Å². The number of nitrogens with one attached hydrogen (secondary N) is 1. The summed E-state index contributed by atoms with van der Waals surface area (Å²) in [7, 11) is 1.87. The predicted molar refractivity (Wildman–Crippen MR) is 79.1 cm³/mol. The van der Waals surface area contributed by atoms with E-state index in [-0.39, 0.29) is 11.9 Å². The van der Waals surface area contributed by atoms with Gasteiger partial charge < -0.3 is 5.32 Å². The molecule has 2 rings (SSSR count). The molecule has 1 nitrogen and oxygen atoms in total. The third kappa shape index (κ3) is 2.77. The Morgan fingerprint density at radius 1 is 1.39 bits per heavy atom. The average molecular weight is 349 g/mol. The lowest BCUT2D eigenvalue weighted by molar-refractivity contribution is 0.614. The van der Waals surface area contributed by atoms with E-state index in [2.05, 4.69) is 26.6 Å². The van der Waals surface area contributed by atoms with E-state index in [9.17, 15) is 4.39 Å². The van der Waals surface area contributed by atoms with Crippen molar-refractivity contribution in [3.8, 4) is 0 Å². The molecular formula is C13H12BrClFNS. The smallest absolute Gasteiger partial charge is 0.127 e. The fraction of sp³-hybridized carbons (Fsp3) is 0.231. The Kier molecular flexibility index (Phi) is 4.43. The molecule has 2 aromatic rings. The summed E-state index contributed by atoms with van der Waals surface area (Å²) in [5.74, 6) is -0.273. The van der Waals surface area contributed by atoms with Crippen LogP contribution in [0.3, 0.4) is 0 Å². The minimum Gasteiger partial charge on any atom is -0.309 e. The van der Waals surface area contributed by atoms with Gasteiger partial charge in [0, 0.05) is 5.02 Å². The number of thiophene rings is 1. The lowest BCUT2D eigenvalue weighted by atomic mass is 9.99. The van der Waals surface area contributed by atoms with Crippen LogP contribution in [0.25, 0.3) is 0 Å². The summed E-state index contributed by atoms with van der Waals surface area (Å²) in [6.45, 7) is 1.74. The van der Waals surface area contributed by atoms with Gasteiger partial charge in [-0.25, -0.2) is 4.39 Å². The van der Waals surface area contributed by atoms with Gasteiger partial charge in [0.15, 0.2) is 0 Å². The van der Waals surface area contributed by atoms with Crippen molar-refractivity contribution in [3.05, 3.63) is 54.9 Å². The highest BCUT2D eigenvalue weighted by atomic mass is 79.9. The molecule has 18 heavy (non-hydrogen) atoms. The van der Waals surface area contributed by atoms with Crippen LogP contribution in [-0.2, 0) is 0 Å². The SMILES string of the molecule is CNC(c1csc(Br)c1)c1cc(C)c(F)cc1Cl. The van der Waals surface area contributed by atoms with Crippen LogP contribution in [0.1, 0.15) is 22.7 Å². The van der Waals surface area contributed by atoms with Crippen molar-refractivity contribution in [2.75, 3.05) is 7.05 Å². The normalized spacial score (nSPS) is 12.7. The van der Waals surface area contributed by atoms with Gasteiger partial charge in [0.1, 0.15) is 5.82 Å². The summed E-state index contributed by atoms with van der Waals surface area (Å²) in [6, 6.07) is 5.18. The summed E-state index contributed by atoms with van der Waals surface area (Å²) in [4.78, 5) is 0. The number of halogens is 3. The molecule has 0 fully saturated rings. The van der Waals surface area contributed by atoms with Crippen LogP contribution in [0.4, 0.5) is 4.39 Å². The first-order chi connectivity index (χ1) is 8.52. The Bertz CT molecular complexity index is 570. The van der Waals surface area contributed by atoms with Gasteiger partial charge in [-0.05, 0) is 70.2 Å². The van der Waals surface area contributed by atoms with Gasteiger partial charge in [0.05, 0.1) is 9.83 Å². The maximum atomic E-state index is 13.4. The van der Waals surface area contributed by atoms with Crippen LogP contribution in [0, 0.1) is 12.7 Å². The zero-order chi connectivity index (χ0) is 13.3. The van der Waals surface area contributed by atoms with E-state index in [4.69, 9.17) is 11.6 Å². The molecule has 0 radical (unpaired) electrons. The monoisotopic (exact) mass is 347 g/mol. The third-order valence-electron chi connectivity index (χ3n) is 2.80. The molecule has 0 aliphatic carbocycles. The molecule has 1 aromatic heterocycles. The first kappa shape index (κ1) is 14.0. The van der Waals surface area contributed by atoms with Crippen LogP contribution in [0.5, 0.6) is 0 Å². The van der Waals surface area contributed by atoms with E-state index in [1.807, 2.05) is 13.1 Å². The Balaban J connectivity index is 2.48. The molecule has 0 aliphatic heterocycles. The van der Waals surface area contributed by atoms with Gasteiger partial charge in [0.2, 0.25) is 0 Å². The largest absolute Gasteiger partial charge is 0.309 e. The minimum absolute atomic E-state index is 0.0284. The number of rotatable bonds is 3. The predicted octanol–water partition coefficient (Wildman–Crippen LogP) is 4.92. The summed E-state index contributed by atoms with van der Waals surface area (Å²) in [5.41, 5.74) is 2.61. The number of aryl methyl sites for hydroxylation is 1. The molecule has 0 saturated heterocycles. The lowest BCUT2D eigenvalue weighted by Crippen LogP contribution is -2.17. The standard InChI is InChI=1S/C13H12BrClFNS/c1-7-3-9(10(15)5-11(7)16)13(17-2)8-4-12(14)18-6-8/h3-6,13,17H,1-2H3. The highest BCUT2D eigenvalue weighted by Crippen LogP contribution is 2.33. The molecule has 0 saturated carbocycles. The molecule has 0 bridgehead atoms. The highest BCUT2D eigenvalue weighted by molar-refractivity contribution is 9.11. The zero-order valence-electron chi connectivity index (χ0n) is 9.93. The minimum atomic E-state index is -0.273. The second-order valence-electron chi connectivity index (χ2n) is 4.03. The van der Waals surface area contributed by atoms with Gasteiger partial charge in [-0.1, -0.05) is 11.6 Å². The molecule has 5 heteroatoms. The van der Waals surface area contributed by atoms with Crippen molar-refractivity contribution in [2.24, 2.45) is 0 Å². The Hall–Kier alpha value is -0.420. The molecule has 1 unspecified atom stereocenters. The summed E-state index contributed by atoms with van der Waals surface area (Å²) >= 11 is 11.2. The molecule has 1 atom stereocenters. The van der Waals surface area contributed by atoms with E-state index in [1.165, 1.54) is 6.07 Å². The van der Waals surface area contributed by atoms with Crippen molar-refractivity contribution < 1.29 is 4.39 Å². The van der Waals surface area contributed by atoms with Crippen molar-refractivity contribution in [2.45, 2.75) is 13.0 Å². The van der Waals surface area contributed by atoms with Gasteiger partial charge in [-0.3, -0.25) is 0 Å². The van der Waals surface area contributed by atoms with E-state index >= 15 is 0 Å². The first-order valence-corrected chi connectivity index (χ1v) is 7.44.